The van der Waals surface area contributed by atoms with Gasteiger partial charge in [0.05, 0.1) is 17.0 Å². The summed E-state index contributed by atoms with van der Waals surface area (Å²) in [6.07, 6.45) is 2.35. The Kier molecular flexibility index (Phi) is 5.03. The van der Waals surface area contributed by atoms with Crippen molar-refractivity contribution >= 4 is 10.0 Å². The first-order valence-corrected chi connectivity index (χ1v) is 8.66. The summed E-state index contributed by atoms with van der Waals surface area (Å²) in [5, 5.41) is 3.36. The van der Waals surface area contributed by atoms with Crippen molar-refractivity contribution in [3.63, 3.8) is 0 Å². The smallest absolute Gasteiger partial charge is 0.241 e. The third-order valence-electron chi connectivity index (χ3n) is 3.34. The van der Waals surface area contributed by atoms with Gasteiger partial charge in [0.2, 0.25) is 10.0 Å². The van der Waals surface area contributed by atoms with E-state index in [4.69, 9.17) is 4.74 Å². The molecule has 1 fully saturated rings. The summed E-state index contributed by atoms with van der Waals surface area (Å²) >= 11 is 0. The third kappa shape index (κ3) is 4.78. The number of sulfonamides is 1. The minimum atomic E-state index is -3.57. The van der Waals surface area contributed by atoms with Gasteiger partial charge in [0.1, 0.15) is 0 Å². The average Bonchev–Trinajstić information content (AvgIpc) is 3.19. The van der Waals surface area contributed by atoms with Crippen LogP contribution >= 0.6 is 0 Å². The van der Waals surface area contributed by atoms with E-state index in [1.165, 1.54) is 12.8 Å². The lowest BCUT2D eigenvalue weighted by atomic mass is 10.1. The quantitative estimate of drug-likeness (QED) is 0.766. The number of methoxy groups -OCH3 is 1. The maximum Gasteiger partial charge on any atom is 0.241 e. The third-order valence-corrected chi connectivity index (χ3v) is 5.14. The summed E-state index contributed by atoms with van der Waals surface area (Å²) in [6, 6.07) is 7.66. The molecule has 0 heterocycles. The van der Waals surface area contributed by atoms with Crippen LogP contribution in [0.2, 0.25) is 0 Å². The Morgan fingerprint density at radius 3 is 2.57 bits per heavy atom. The zero-order valence-corrected chi connectivity index (χ0v) is 13.7. The molecule has 0 aromatic heterocycles. The molecule has 0 amide bonds. The van der Waals surface area contributed by atoms with Crippen molar-refractivity contribution in [2.24, 2.45) is 0 Å². The summed E-state index contributed by atoms with van der Waals surface area (Å²) in [5.74, 6) is 0. The topological polar surface area (TPSA) is 67.4 Å². The molecule has 1 aliphatic rings. The average molecular weight is 312 g/mol. The predicted octanol–water partition coefficient (Wildman–Crippen LogP) is 1.64. The van der Waals surface area contributed by atoms with Crippen LogP contribution in [0.1, 0.15) is 32.3 Å². The lowest BCUT2D eigenvalue weighted by molar-refractivity contribution is 0.141. The van der Waals surface area contributed by atoms with Crippen molar-refractivity contribution in [2.75, 3.05) is 13.7 Å². The molecule has 1 aromatic carbocycles. The van der Waals surface area contributed by atoms with Crippen molar-refractivity contribution in [3.8, 4) is 0 Å². The van der Waals surface area contributed by atoms with Crippen molar-refractivity contribution < 1.29 is 13.2 Å². The summed E-state index contributed by atoms with van der Waals surface area (Å²) in [6.45, 7) is 4.50. The van der Waals surface area contributed by atoms with Crippen LogP contribution in [0.15, 0.2) is 29.2 Å². The molecule has 2 rings (SSSR count). The lowest BCUT2D eigenvalue weighted by Gasteiger charge is -2.25. The van der Waals surface area contributed by atoms with Gasteiger partial charge in [-0.2, -0.15) is 0 Å². The first-order valence-electron chi connectivity index (χ1n) is 7.18. The Hall–Kier alpha value is -0.950. The molecule has 1 saturated carbocycles. The van der Waals surface area contributed by atoms with Crippen molar-refractivity contribution in [3.05, 3.63) is 29.8 Å². The Morgan fingerprint density at radius 1 is 1.29 bits per heavy atom. The van der Waals surface area contributed by atoms with E-state index >= 15 is 0 Å². The minimum absolute atomic E-state index is 0.314. The van der Waals surface area contributed by atoms with Crippen LogP contribution in [0.3, 0.4) is 0 Å². The molecule has 0 saturated heterocycles. The molecule has 2 N–H and O–H groups in total. The van der Waals surface area contributed by atoms with E-state index in [1.54, 1.807) is 33.1 Å². The zero-order chi connectivity index (χ0) is 15.5. The highest BCUT2D eigenvalue weighted by Gasteiger charge is 2.28. The Balaban J connectivity index is 2.18. The number of rotatable bonds is 8. The SMILES string of the molecule is COCC(C)(C)NS(=O)(=O)c1ccccc1CNC1CC1. The molecule has 0 spiro atoms. The molecule has 1 aliphatic carbocycles. The van der Waals surface area contributed by atoms with Crippen molar-refractivity contribution in [1.29, 1.82) is 0 Å². The van der Waals surface area contributed by atoms with Gasteiger partial charge in [-0.1, -0.05) is 18.2 Å². The van der Waals surface area contributed by atoms with E-state index in [-0.39, 0.29) is 0 Å². The highest BCUT2D eigenvalue weighted by atomic mass is 32.2. The first-order chi connectivity index (χ1) is 9.84. The second kappa shape index (κ2) is 6.44. The second-order valence-electron chi connectivity index (χ2n) is 6.19. The summed E-state index contributed by atoms with van der Waals surface area (Å²) in [4.78, 5) is 0.335. The van der Waals surface area contributed by atoms with Gasteiger partial charge in [-0.15, -0.1) is 0 Å². The molecular formula is C15H24N2O3S. The maximum atomic E-state index is 12.6. The van der Waals surface area contributed by atoms with Gasteiger partial charge in [-0.25, -0.2) is 13.1 Å². The van der Waals surface area contributed by atoms with Crippen LogP contribution < -0.4 is 10.0 Å². The van der Waals surface area contributed by atoms with E-state index in [2.05, 4.69) is 10.0 Å². The fourth-order valence-electron chi connectivity index (χ4n) is 2.26. The van der Waals surface area contributed by atoms with Gasteiger partial charge in [0, 0.05) is 19.7 Å². The van der Waals surface area contributed by atoms with Gasteiger partial charge in [-0.3, -0.25) is 0 Å². The maximum absolute atomic E-state index is 12.6. The second-order valence-corrected chi connectivity index (χ2v) is 7.84. The van der Waals surface area contributed by atoms with E-state index in [9.17, 15) is 8.42 Å². The van der Waals surface area contributed by atoms with Crippen LogP contribution in [0, 0.1) is 0 Å². The molecule has 0 radical (unpaired) electrons. The number of hydrogen-bond donors (Lipinski definition) is 2. The molecular weight excluding hydrogens is 288 g/mol. The van der Waals surface area contributed by atoms with Gasteiger partial charge in [-0.05, 0) is 38.3 Å². The van der Waals surface area contributed by atoms with Crippen LogP contribution in [0.5, 0.6) is 0 Å². The van der Waals surface area contributed by atoms with Gasteiger partial charge in [0.25, 0.3) is 0 Å². The molecule has 0 bridgehead atoms. The Labute approximate surface area is 127 Å². The highest BCUT2D eigenvalue weighted by Crippen LogP contribution is 2.22. The fourth-order valence-corrected chi connectivity index (χ4v) is 3.90. The van der Waals surface area contributed by atoms with Crippen molar-refractivity contribution in [1.82, 2.24) is 10.0 Å². The van der Waals surface area contributed by atoms with E-state index in [0.717, 1.165) is 5.56 Å². The Morgan fingerprint density at radius 2 is 1.95 bits per heavy atom. The van der Waals surface area contributed by atoms with Crippen LogP contribution in [-0.4, -0.2) is 33.7 Å². The van der Waals surface area contributed by atoms with Crippen LogP contribution in [0.25, 0.3) is 0 Å². The molecule has 118 valence electrons. The number of benzene rings is 1. The lowest BCUT2D eigenvalue weighted by Crippen LogP contribution is -2.46. The standard InChI is InChI=1S/C15H24N2O3S/c1-15(2,11-20-3)17-21(18,19)14-7-5-4-6-12(14)10-16-13-8-9-13/h4-7,13,16-17H,8-11H2,1-3H3. The molecule has 0 aliphatic heterocycles. The van der Waals surface area contributed by atoms with Gasteiger partial charge >= 0.3 is 0 Å². The van der Waals surface area contributed by atoms with Crippen molar-refractivity contribution in [2.45, 2.75) is 49.7 Å². The normalized spacial score (nSPS) is 16.1. The Bertz CT molecular complexity index is 580. The minimum Gasteiger partial charge on any atom is -0.383 e. The van der Waals surface area contributed by atoms with Crippen LogP contribution in [0.4, 0.5) is 0 Å². The van der Waals surface area contributed by atoms with Crippen LogP contribution in [-0.2, 0) is 21.3 Å². The largest absolute Gasteiger partial charge is 0.383 e. The van der Waals surface area contributed by atoms with E-state index in [1.807, 2.05) is 12.1 Å². The molecule has 1 aromatic rings. The highest BCUT2D eigenvalue weighted by molar-refractivity contribution is 7.89. The monoisotopic (exact) mass is 312 g/mol. The summed E-state index contributed by atoms with van der Waals surface area (Å²) < 4.78 is 33.0. The number of nitrogens with one attached hydrogen (secondary N) is 2. The molecule has 21 heavy (non-hydrogen) atoms. The number of hydrogen-bond acceptors (Lipinski definition) is 4. The first kappa shape index (κ1) is 16.4. The molecule has 0 atom stereocenters. The summed E-state index contributed by atoms with van der Waals surface area (Å²) in [7, 11) is -2.01. The van der Waals surface area contributed by atoms with E-state index < -0.39 is 15.6 Å². The van der Waals surface area contributed by atoms with Gasteiger partial charge in [0.15, 0.2) is 0 Å². The molecule has 6 heteroatoms. The zero-order valence-electron chi connectivity index (χ0n) is 12.8. The van der Waals surface area contributed by atoms with Gasteiger partial charge < -0.3 is 10.1 Å². The number of ether oxygens (including phenoxy) is 1. The van der Waals surface area contributed by atoms with E-state index in [0.29, 0.717) is 24.1 Å². The molecule has 0 unspecified atom stereocenters. The fraction of sp³-hybridized carbons (Fsp3) is 0.600. The molecule has 5 nitrogen and oxygen atoms in total. The summed E-state index contributed by atoms with van der Waals surface area (Å²) in [5.41, 5.74) is 0.148. The predicted molar refractivity (Wildman–Crippen MR) is 82.6 cm³/mol.